The van der Waals surface area contributed by atoms with E-state index in [-0.39, 0.29) is 31.1 Å². The second-order valence-electron chi connectivity index (χ2n) is 21.7. The Bertz CT molecular complexity index is 1210. The highest BCUT2D eigenvalue weighted by molar-refractivity contribution is 5.71. The van der Waals surface area contributed by atoms with E-state index in [1.807, 2.05) is 0 Å². The second kappa shape index (κ2) is 61.2. The Balaban J connectivity index is 4.33. The van der Waals surface area contributed by atoms with Crippen LogP contribution in [0, 0.1) is 0 Å². The van der Waals surface area contributed by atoms with Gasteiger partial charge in [-0.1, -0.05) is 308 Å². The van der Waals surface area contributed by atoms with Gasteiger partial charge in [0.2, 0.25) is 0 Å². The van der Waals surface area contributed by atoms with Crippen molar-refractivity contribution in [2.24, 2.45) is 0 Å². The average molecular weight is 1010 g/mol. The second-order valence-corrected chi connectivity index (χ2v) is 21.7. The summed E-state index contributed by atoms with van der Waals surface area (Å²) < 4.78 is 16.9. The average Bonchev–Trinajstić information content (AvgIpc) is 3.38. The topological polar surface area (TPSA) is 78.9 Å². The first-order valence-electron chi connectivity index (χ1n) is 32.0. The third kappa shape index (κ3) is 58.5. The van der Waals surface area contributed by atoms with Gasteiger partial charge in [-0.2, -0.15) is 0 Å². The lowest BCUT2D eigenvalue weighted by Gasteiger charge is -2.18. The molecule has 0 heterocycles. The number of carbonyl (C=O) groups is 3. The molecule has 0 fully saturated rings. The lowest BCUT2D eigenvalue weighted by molar-refractivity contribution is -0.167. The fourth-order valence-electron chi connectivity index (χ4n) is 9.57. The molecule has 0 bridgehead atoms. The zero-order chi connectivity index (χ0) is 52.2. The number of hydrogen-bond acceptors (Lipinski definition) is 6. The lowest BCUT2D eigenvalue weighted by atomic mass is 10.0. The fourth-order valence-corrected chi connectivity index (χ4v) is 9.57. The maximum atomic E-state index is 12.9. The summed E-state index contributed by atoms with van der Waals surface area (Å²) in [4.78, 5) is 38.3. The van der Waals surface area contributed by atoms with Gasteiger partial charge in [0.05, 0.1) is 0 Å². The van der Waals surface area contributed by atoms with Crippen molar-refractivity contribution in [1.82, 2.24) is 0 Å². The van der Waals surface area contributed by atoms with Gasteiger partial charge in [-0.25, -0.2) is 0 Å². The van der Waals surface area contributed by atoms with E-state index in [0.29, 0.717) is 19.3 Å². The number of rotatable bonds is 59. The number of unbranched alkanes of at least 4 members (excludes halogenated alkanes) is 42. The molecular weight excluding hydrogens is 889 g/mol. The molecule has 0 aliphatic rings. The maximum absolute atomic E-state index is 12.9. The van der Waals surface area contributed by atoms with Gasteiger partial charge in [0.1, 0.15) is 13.2 Å². The van der Waals surface area contributed by atoms with Crippen molar-refractivity contribution >= 4 is 17.9 Å². The Morgan fingerprint density at radius 2 is 0.500 bits per heavy atom. The van der Waals surface area contributed by atoms with Gasteiger partial charge in [0.15, 0.2) is 6.10 Å². The summed E-state index contributed by atoms with van der Waals surface area (Å²) in [6, 6.07) is 0. The number of allylic oxidation sites excluding steroid dienone is 6. The summed E-state index contributed by atoms with van der Waals surface area (Å²) in [7, 11) is 0. The number of carbonyl (C=O) groups excluding carboxylic acids is 3. The zero-order valence-corrected chi connectivity index (χ0v) is 48.5. The quantitative estimate of drug-likeness (QED) is 0.0261. The standard InChI is InChI=1S/C66H122O6/c1-4-7-10-13-16-19-22-25-28-30-32-33-35-36-38-41-44-47-50-53-56-59-65(68)71-62-63(61-70-64(67)58-55-52-49-46-43-40-27-24-21-18-15-12-9-6-3)72-66(69)60-57-54-51-48-45-42-39-37-34-31-29-26-23-20-17-14-11-8-5-2/h22,25,30,32,35-36,63H,4-21,23-24,26-29,31,33-34,37-62H2,1-3H3/b25-22-,32-30-,36-35-. The van der Waals surface area contributed by atoms with Gasteiger partial charge in [-0.15, -0.1) is 0 Å². The summed E-state index contributed by atoms with van der Waals surface area (Å²) >= 11 is 0. The molecule has 1 unspecified atom stereocenters. The predicted octanol–water partition coefficient (Wildman–Crippen LogP) is 21.6. The molecule has 0 aromatic carbocycles. The van der Waals surface area contributed by atoms with E-state index in [2.05, 4.69) is 57.2 Å². The van der Waals surface area contributed by atoms with E-state index in [0.717, 1.165) is 77.0 Å². The highest BCUT2D eigenvalue weighted by Gasteiger charge is 2.19. The Morgan fingerprint density at radius 3 is 0.778 bits per heavy atom. The molecule has 0 saturated carbocycles. The molecule has 0 aliphatic heterocycles. The van der Waals surface area contributed by atoms with Gasteiger partial charge in [-0.05, 0) is 57.8 Å². The third-order valence-electron chi connectivity index (χ3n) is 14.4. The molecule has 0 aromatic rings. The third-order valence-corrected chi connectivity index (χ3v) is 14.4. The first-order valence-corrected chi connectivity index (χ1v) is 32.0. The first-order chi connectivity index (χ1) is 35.5. The molecule has 72 heavy (non-hydrogen) atoms. The smallest absolute Gasteiger partial charge is 0.306 e. The minimum Gasteiger partial charge on any atom is -0.462 e. The van der Waals surface area contributed by atoms with Crippen molar-refractivity contribution in [3.05, 3.63) is 36.5 Å². The Hall–Kier alpha value is -2.37. The molecule has 6 heteroatoms. The van der Waals surface area contributed by atoms with E-state index < -0.39 is 6.10 Å². The minimum absolute atomic E-state index is 0.0709. The van der Waals surface area contributed by atoms with Crippen LogP contribution in [0.3, 0.4) is 0 Å². The first kappa shape index (κ1) is 69.6. The molecule has 422 valence electrons. The Morgan fingerprint density at radius 1 is 0.278 bits per heavy atom. The van der Waals surface area contributed by atoms with Crippen molar-refractivity contribution in [3.63, 3.8) is 0 Å². The highest BCUT2D eigenvalue weighted by Crippen LogP contribution is 2.17. The van der Waals surface area contributed by atoms with Crippen molar-refractivity contribution in [2.45, 2.75) is 354 Å². The van der Waals surface area contributed by atoms with Crippen LogP contribution in [-0.2, 0) is 28.6 Å². The van der Waals surface area contributed by atoms with E-state index in [9.17, 15) is 14.4 Å². The zero-order valence-electron chi connectivity index (χ0n) is 48.5. The summed E-state index contributed by atoms with van der Waals surface area (Å²) in [6.07, 6.45) is 74.3. The van der Waals surface area contributed by atoms with Crippen LogP contribution in [0.4, 0.5) is 0 Å². The molecule has 1 atom stereocenters. The molecule has 0 N–H and O–H groups in total. The molecule has 0 aromatic heterocycles. The molecule has 0 amide bonds. The summed E-state index contributed by atoms with van der Waals surface area (Å²) in [5, 5.41) is 0. The van der Waals surface area contributed by atoms with Gasteiger partial charge in [0, 0.05) is 19.3 Å². The van der Waals surface area contributed by atoms with Crippen molar-refractivity contribution < 1.29 is 28.6 Å². The van der Waals surface area contributed by atoms with Crippen LogP contribution in [0.15, 0.2) is 36.5 Å². The van der Waals surface area contributed by atoms with Gasteiger partial charge in [0.25, 0.3) is 0 Å². The van der Waals surface area contributed by atoms with E-state index in [4.69, 9.17) is 14.2 Å². The Kier molecular flexibility index (Phi) is 59.2. The Labute approximate surface area is 448 Å². The van der Waals surface area contributed by atoms with E-state index >= 15 is 0 Å². The SMILES string of the molecule is CCCCCCC/C=C\C/C=C\C/C=C\CCCCCCCCC(=O)OCC(COC(=O)CCCCCCCCCCCCCCCC)OC(=O)CCCCCCCCCCCCCCCCCCCCC. The molecule has 0 rings (SSSR count). The maximum Gasteiger partial charge on any atom is 0.306 e. The molecule has 0 saturated heterocycles. The largest absolute Gasteiger partial charge is 0.462 e. The highest BCUT2D eigenvalue weighted by atomic mass is 16.6. The number of hydrogen-bond donors (Lipinski definition) is 0. The molecule has 0 spiro atoms. The van der Waals surface area contributed by atoms with Crippen LogP contribution >= 0.6 is 0 Å². The molecule has 0 radical (unpaired) electrons. The summed E-state index contributed by atoms with van der Waals surface area (Å²) in [5.41, 5.74) is 0. The van der Waals surface area contributed by atoms with Crippen LogP contribution in [-0.4, -0.2) is 37.2 Å². The molecular formula is C66H122O6. The van der Waals surface area contributed by atoms with Crippen molar-refractivity contribution in [2.75, 3.05) is 13.2 Å². The van der Waals surface area contributed by atoms with Gasteiger partial charge >= 0.3 is 17.9 Å². The monoisotopic (exact) mass is 1010 g/mol. The van der Waals surface area contributed by atoms with Crippen LogP contribution in [0.5, 0.6) is 0 Å². The van der Waals surface area contributed by atoms with Gasteiger partial charge in [-0.3, -0.25) is 14.4 Å². The lowest BCUT2D eigenvalue weighted by Crippen LogP contribution is -2.30. The van der Waals surface area contributed by atoms with Crippen LogP contribution < -0.4 is 0 Å². The molecule has 6 nitrogen and oxygen atoms in total. The molecule has 0 aliphatic carbocycles. The minimum atomic E-state index is -0.774. The van der Waals surface area contributed by atoms with Crippen molar-refractivity contribution in [3.8, 4) is 0 Å². The summed E-state index contributed by atoms with van der Waals surface area (Å²) in [6.45, 7) is 6.68. The van der Waals surface area contributed by atoms with Crippen molar-refractivity contribution in [1.29, 1.82) is 0 Å². The fraction of sp³-hybridized carbons (Fsp3) is 0.864. The van der Waals surface area contributed by atoms with E-state index in [1.54, 1.807) is 0 Å². The van der Waals surface area contributed by atoms with Crippen LogP contribution in [0.1, 0.15) is 348 Å². The normalized spacial score (nSPS) is 12.2. The van der Waals surface area contributed by atoms with E-state index in [1.165, 1.54) is 231 Å². The van der Waals surface area contributed by atoms with Crippen LogP contribution in [0.25, 0.3) is 0 Å². The summed E-state index contributed by atoms with van der Waals surface area (Å²) in [5.74, 6) is -0.859. The number of esters is 3. The predicted molar refractivity (Wildman–Crippen MR) is 312 cm³/mol. The number of ether oxygens (including phenoxy) is 3. The van der Waals surface area contributed by atoms with Crippen LogP contribution in [0.2, 0.25) is 0 Å². The van der Waals surface area contributed by atoms with Gasteiger partial charge < -0.3 is 14.2 Å².